The molecule has 1 saturated carbocycles. The average molecular weight is 582 g/mol. The summed E-state index contributed by atoms with van der Waals surface area (Å²) in [5.41, 5.74) is 7.82. The molecule has 4 rings (SSSR count). The van der Waals surface area contributed by atoms with Gasteiger partial charge in [-0.15, -0.1) is 0 Å². The second kappa shape index (κ2) is 14.3. The van der Waals surface area contributed by atoms with Crippen LogP contribution in [0.4, 0.5) is 10.5 Å². The van der Waals surface area contributed by atoms with Gasteiger partial charge in [0.1, 0.15) is 17.1 Å². The third-order valence-electron chi connectivity index (χ3n) is 8.96. The van der Waals surface area contributed by atoms with Gasteiger partial charge in [0.25, 0.3) is 5.91 Å². The Morgan fingerprint density at radius 2 is 1.93 bits per heavy atom. The van der Waals surface area contributed by atoms with Crippen LogP contribution in [0.1, 0.15) is 85.7 Å². The molecule has 42 heavy (non-hydrogen) atoms. The van der Waals surface area contributed by atoms with Gasteiger partial charge in [0, 0.05) is 13.0 Å². The van der Waals surface area contributed by atoms with Crippen LogP contribution in [0.15, 0.2) is 30.3 Å². The van der Waals surface area contributed by atoms with Crippen molar-refractivity contribution in [2.24, 2.45) is 23.5 Å². The number of hydrogen-bond donors (Lipinski definition) is 5. The largest absolute Gasteiger partial charge is 0.508 e. The highest BCUT2D eigenvalue weighted by Crippen LogP contribution is 2.49. The fourth-order valence-electron chi connectivity index (χ4n) is 6.70. The molecular formula is C32H43N3O7. The van der Waals surface area contributed by atoms with Gasteiger partial charge in [0.15, 0.2) is 5.75 Å². The summed E-state index contributed by atoms with van der Waals surface area (Å²) in [5, 5.41) is 25.3. The minimum Gasteiger partial charge on any atom is -0.508 e. The highest BCUT2D eigenvalue weighted by atomic mass is 16.5. The number of benzene rings is 2. The summed E-state index contributed by atoms with van der Waals surface area (Å²) in [7, 11) is 1.34. The van der Waals surface area contributed by atoms with Crippen LogP contribution < -0.4 is 21.1 Å². The normalized spacial score (nSPS) is 20.0. The number of alkyl carbamates (subject to hydrolysis) is 1. The number of phenolic OH excluding ortho intramolecular Hbond substituents is 1. The summed E-state index contributed by atoms with van der Waals surface area (Å²) in [4.78, 5) is 36.3. The van der Waals surface area contributed by atoms with E-state index in [0.717, 1.165) is 25.7 Å². The molecule has 2 aromatic rings. The number of amides is 3. The van der Waals surface area contributed by atoms with Gasteiger partial charge in [-0.3, -0.25) is 9.59 Å². The topological polar surface area (TPSA) is 160 Å². The van der Waals surface area contributed by atoms with Crippen LogP contribution in [0.5, 0.6) is 17.2 Å². The molecular weight excluding hydrogens is 538 g/mol. The first kappa shape index (κ1) is 31.0. The number of ether oxygens (including phenoxy) is 2. The molecule has 2 aliphatic carbocycles. The number of nitrogens with two attached hydrogens (primary N) is 1. The van der Waals surface area contributed by atoms with Crippen molar-refractivity contribution in [1.82, 2.24) is 5.32 Å². The Labute approximate surface area is 247 Å². The number of primary amides is 1. The lowest BCUT2D eigenvalue weighted by atomic mass is 9.62. The zero-order valence-corrected chi connectivity index (χ0v) is 24.5. The highest BCUT2D eigenvalue weighted by Gasteiger charge is 2.37. The number of aromatic hydroxyl groups is 2. The number of carbonyl (C=O) groups is 3. The van der Waals surface area contributed by atoms with Gasteiger partial charge < -0.3 is 36.1 Å². The van der Waals surface area contributed by atoms with Crippen molar-refractivity contribution < 1.29 is 34.1 Å². The molecule has 0 bridgehead atoms. The smallest absolute Gasteiger partial charge is 0.407 e. The first-order chi connectivity index (χ1) is 20.2. The Hall–Kier alpha value is -3.95. The Morgan fingerprint density at radius 3 is 2.67 bits per heavy atom. The molecule has 0 aromatic heterocycles. The Bertz CT molecular complexity index is 1280. The molecule has 0 radical (unpaired) electrons. The van der Waals surface area contributed by atoms with Crippen LogP contribution >= 0.6 is 0 Å². The molecule has 0 spiro atoms. The van der Waals surface area contributed by atoms with Gasteiger partial charge >= 0.3 is 6.09 Å². The maximum absolute atomic E-state index is 12.3. The fourth-order valence-corrected chi connectivity index (χ4v) is 6.70. The van der Waals surface area contributed by atoms with Crippen LogP contribution in [0, 0.1) is 17.8 Å². The maximum Gasteiger partial charge on any atom is 0.407 e. The average Bonchev–Trinajstić information content (AvgIpc) is 2.97. The Kier molecular flexibility index (Phi) is 10.5. The number of fused-ring (bicyclic) bond motifs is 3. The van der Waals surface area contributed by atoms with E-state index in [1.807, 2.05) is 12.1 Å². The Balaban J connectivity index is 1.18. The van der Waals surface area contributed by atoms with E-state index in [4.69, 9.17) is 15.2 Å². The molecule has 0 heterocycles. The first-order valence-electron chi connectivity index (χ1n) is 14.9. The minimum absolute atomic E-state index is 0.0176. The molecule has 2 aromatic carbocycles. The zero-order chi connectivity index (χ0) is 30.2. The van der Waals surface area contributed by atoms with E-state index in [0.29, 0.717) is 30.1 Å². The van der Waals surface area contributed by atoms with Crippen LogP contribution in [0.2, 0.25) is 0 Å². The predicted octanol–water partition coefficient (Wildman–Crippen LogP) is 5.21. The second-order valence-corrected chi connectivity index (χ2v) is 11.5. The van der Waals surface area contributed by atoms with Crippen molar-refractivity contribution in [3.05, 3.63) is 47.0 Å². The summed E-state index contributed by atoms with van der Waals surface area (Å²) in [5.74, 6) is 0.790. The predicted molar refractivity (Wildman–Crippen MR) is 159 cm³/mol. The number of phenols is 2. The van der Waals surface area contributed by atoms with Crippen molar-refractivity contribution in [3.8, 4) is 17.2 Å². The molecule has 3 amide bonds. The number of nitrogens with one attached hydrogen (secondary N) is 2. The summed E-state index contributed by atoms with van der Waals surface area (Å²) < 4.78 is 10.5. The van der Waals surface area contributed by atoms with Gasteiger partial charge in [0.2, 0.25) is 5.91 Å². The van der Waals surface area contributed by atoms with E-state index in [9.17, 15) is 24.6 Å². The third kappa shape index (κ3) is 7.46. The monoisotopic (exact) mass is 581 g/mol. The van der Waals surface area contributed by atoms with E-state index in [2.05, 4.69) is 23.6 Å². The number of anilines is 1. The summed E-state index contributed by atoms with van der Waals surface area (Å²) >= 11 is 0. The number of hydrogen-bond acceptors (Lipinski definition) is 7. The van der Waals surface area contributed by atoms with E-state index in [1.54, 1.807) is 0 Å². The lowest BCUT2D eigenvalue weighted by Gasteiger charge is -2.43. The number of rotatable bonds is 12. The minimum atomic E-state index is -0.889. The molecule has 10 heteroatoms. The summed E-state index contributed by atoms with van der Waals surface area (Å²) in [6.45, 7) is 2.49. The lowest BCUT2D eigenvalue weighted by Crippen LogP contribution is -2.32. The number of aryl methyl sites for hydroxylation is 1. The molecule has 0 aliphatic heterocycles. The van der Waals surface area contributed by atoms with E-state index in [1.165, 1.54) is 56.1 Å². The fraction of sp³-hybridized carbons (Fsp3) is 0.531. The van der Waals surface area contributed by atoms with Crippen molar-refractivity contribution in [2.75, 3.05) is 25.6 Å². The van der Waals surface area contributed by atoms with E-state index in [-0.39, 0.29) is 35.9 Å². The van der Waals surface area contributed by atoms with Crippen molar-refractivity contribution in [3.63, 3.8) is 0 Å². The molecule has 2 aliphatic rings. The van der Waals surface area contributed by atoms with Gasteiger partial charge in [-0.25, -0.2) is 4.79 Å². The lowest BCUT2D eigenvalue weighted by molar-refractivity contribution is -0.116. The molecule has 4 unspecified atom stereocenters. The van der Waals surface area contributed by atoms with Crippen LogP contribution in [0.25, 0.3) is 0 Å². The quantitative estimate of drug-likeness (QED) is 0.215. The highest BCUT2D eigenvalue weighted by molar-refractivity contribution is 6.02. The van der Waals surface area contributed by atoms with Gasteiger partial charge in [-0.05, 0) is 91.2 Å². The van der Waals surface area contributed by atoms with Gasteiger partial charge in [-0.1, -0.05) is 32.3 Å². The van der Waals surface area contributed by atoms with Crippen LogP contribution in [0.3, 0.4) is 0 Å². The summed E-state index contributed by atoms with van der Waals surface area (Å²) in [6.07, 6.45) is 8.27. The van der Waals surface area contributed by atoms with E-state index < -0.39 is 23.7 Å². The van der Waals surface area contributed by atoms with Crippen molar-refractivity contribution >= 4 is 23.6 Å². The SMILES string of the molecule is CCC(CCC1CCCC2c3ccc(O)cc3CCC12)COC(=O)NCCC(=O)Nc1ccc(OC)c(C(N)=O)c1O. The Morgan fingerprint density at radius 1 is 1.12 bits per heavy atom. The zero-order valence-electron chi connectivity index (χ0n) is 24.5. The number of carbonyl (C=O) groups excluding carboxylic acids is 3. The van der Waals surface area contributed by atoms with Crippen LogP contribution in [-0.2, 0) is 16.0 Å². The van der Waals surface area contributed by atoms with Gasteiger partial charge in [-0.2, -0.15) is 0 Å². The van der Waals surface area contributed by atoms with E-state index >= 15 is 0 Å². The molecule has 228 valence electrons. The van der Waals surface area contributed by atoms with Crippen molar-refractivity contribution in [2.45, 2.75) is 70.6 Å². The molecule has 6 N–H and O–H groups in total. The number of methoxy groups -OCH3 is 1. The second-order valence-electron chi connectivity index (χ2n) is 11.5. The third-order valence-corrected chi connectivity index (χ3v) is 8.96. The van der Waals surface area contributed by atoms with Crippen LogP contribution in [-0.4, -0.2) is 48.4 Å². The standard InChI is InChI=1S/C32H43N3O7/c1-3-19(7-8-20-5-4-6-25-23(20)11-9-21-17-22(36)10-12-24(21)25)18-42-32(40)34-16-15-28(37)35-26-13-14-27(41-2)29(30(26)38)31(33)39/h10,12-14,17,19-20,23,25,36,38H,3-9,11,15-16,18H2,1-2H3,(H2,33,39)(H,34,40)(H,35,37). The van der Waals surface area contributed by atoms with Gasteiger partial charge in [0.05, 0.1) is 19.4 Å². The first-order valence-corrected chi connectivity index (χ1v) is 14.9. The molecule has 0 saturated heterocycles. The maximum atomic E-state index is 12.3. The van der Waals surface area contributed by atoms with Crippen molar-refractivity contribution in [1.29, 1.82) is 0 Å². The summed E-state index contributed by atoms with van der Waals surface area (Å²) in [6, 6.07) is 8.70. The molecule has 4 atom stereocenters. The molecule has 1 fully saturated rings. The molecule has 10 nitrogen and oxygen atoms in total.